The average molecular weight is 485 g/mol. The highest BCUT2D eigenvalue weighted by atomic mass is 79.9. The summed E-state index contributed by atoms with van der Waals surface area (Å²) in [5.74, 6) is -1.45. The molecule has 1 amide bonds. The van der Waals surface area contributed by atoms with Gasteiger partial charge in [-0.1, -0.05) is 13.8 Å². The Kier molecular flexibility index (Phi) is 8.30. The van der Waals surface area contributed by atoms with Crippen molar-refractivity contribution in [3.05, 3.63) is 38.5 Å². The minimum Gasteiger partial charge on any atom is -0.478 e. The van der Waals surface area contributed by atoms with E-state index in [0.717, 1.165) is 0 Å². The van der Waals surface area contributed by atoms with Crippen LogP contribution in [0.25, 0.3) is 0 Å². The quantitative estimate of drug-likeness (QED) is 0.358. The van der Waals surface area contributed by atoms with Gasteiger partial charge in [-0.05, 0) is 34.8 Å². The molecule has 164 valence electrons. The van der Waals surface area contributed by atoms with Gasteiger partial charge >= 0.3 is 11.7 Å². The highest BCUT2D eigenvalue weighted by Gasteiger charge is 2.38. The number of anilines is 1. The number of nitrogens with zero attached hydrogens (tertiary/aromatic N) is 2. The van der Waals surface area contributed by atoms with Crippen LogP contribution in [0.5, 0.6) is 0 Å². The van der Waals surface area contributed by atoms with Crippen molar-refractivity contribution in [1.29, 1.82) is 0 Å². The number of carbonyl (C=O) groups is 2. The molecule has 3 N–H and O–H groups in total. The van der Waals surface area contributed by atoms with E-state index < -0.39 is 29.1 Å². The Bertz CT molecular complexity index is 842. The van der Waals surface area contributed by atoms with Crippen LogP contribution in [-0.2, 0) is 14.3 Å². The molecule has 0 saturated heterocycles. The molecule has 3 atom stereocenters. The number of aromatic nitrogens is 1. The van der Waals surface area contributed by atoms with Gasteiger partial charge in [0.25, 0.3) is 0 Å². The summed E-state index contributed by atoms with van der Waals surface area (Å²) < 4.78 is 6.53. The molecule has 1 aliphatic rings. The Morgan fingerprint density at radius 3 is 2.63 bits per heavy atom. The van der Waals surface area contributed by atoms with Crippen LogP contribution in [0.2, 0.25) is 0 Å². The predicted molar refractivity (Wildman–Crippen MR) is 113 cm³/mol. The number of carboxylic acids is 1. The summed E-state index contributed by atoms with van der Waals surface area (Å²) in [6, 6.07) is -0.0227. The van der Waals surface area contributed by atoms with E-state index in [1.165, 1.54) is 25.3 Å². The van der Waals surface area contributed by atoms with Gasteiger partial charge in [0.15, 0.2) is 0 Å². The lowest BCUT2D eigenvalue weighted by Gasteiger charge is -2.38. The maximum absolute atomic E-state index is 11.9. The first-order valence-corrected chi connectivity index (χ1v) is 10.4. The largest absolute Gasteiger partial charge is 0.478 e. The molecule has 0 fully saturated rings. The third-order valence-corrected chi connectivity index (χ3v) is 5.28. The van der Waals surface area contributed by atoms with Crippen LogP contribution in [0.4, 0.5) is 11.5 Å². The standard InChI is InChI=1S/C19H25BrN4O6/c1-4-13(5-2)30-16-7-11(19(26)27)6-14(17(16)22-10(3)25)23-18-15(24(28)29)8-12(20)9-21-18/h7-9,13-14,16-17H,4-6H2,1-3H3,(H,21,23)(H,22,25)(H,26,27)/t14-,16+,17+/m0/s1. The van der Waals surface area contributed by atoms with Gasteiger partial charge in [-0.25, -0.2) is 9.78 Å². The van der Waals surface area contributed by atoms with Gasteiger partial charge in [0.1, 0.15) is 0 Å². The van der Waals surface area contributed by atoms with E-state index in [0.29, 0.717) is 17.3 Å². The van der Waals surface area contributed by atoms with Crippen LogP contribution in [0.1, 0.15) is 40.0 Å². The monoisotopic (exact) mass is 484 g/mol. The minimum absolute atomic E-state index is 0.0172. The molecule has 0 saturated carbocycles. The van der Waals surface area contributed by atoms with E-state index >= 15 is 0 Å². The number of pyridine rings is 1. The summed E-state index contributed by atoms with van der Waals surface area (Å²) in [6.07, 6.45) is 3.52. The van der Waals surface area contributed by atoms with Crippen molar-refractivity contribution < 1.29 is 24.4 Å². The number of aliphatic carboxylic acids is 1. The molecule has 0 radical (unpaired) electrons. The molecular formula is C19H25BrN4O6. The first-order chi connectivity index (χ1) is 14.2. The van der Waals surface area contributed by atoms with Crippen molar-refractivity contribution in [2.45, 2.75) is 64.3 Å². The van der Waals surface area contributed by atoms with Crippen LogP contribution in [0.15, 0.2) is 28.4 Å². The third-order valence-electron chi connectivity index (χ3n) is 4.85. The van der Waals surface area contributed by atoms with Gasteiger partial charge in [-0.15, -0.1) is 0 Å². The number of nitrogens with one attached hydrogen (secondary N) is 2. The molecule has 1 heterocycles. The Labute approximate surface area is 182 Å². The lowest BCUT2D eigenvalue weighted by molar-refractivity contribution is -0.384. The molecule has 1 aromatic heterocycles. The van der Waals surface area contributed by atoms with E-state index in [2.05, 4.69) is 31.5 Å². The highest BCUT2D eigenvalue weighted by molar-refractivity contribution is 9.10. The summed E-state index contributed by atoms with van der Waals surface area (Å²) in [6.45, 7) is 5.26. The Morgan fingerprint density at radius 2 is 2.10 bits per heavy atom. The number of rotatable bonds is 9. The van der Waals surface area contributed by atoms with Crippen molar-refractivity contribution in [3.63, 3.8) is 0 Å². The number of carboxylic acid groups (broad SMARTS) is 1. The fourth-order valence-electron chi connectivity index (χ4n) is 3.36. The van der Waals surface area contributed by atoms with E-state index in [-0.39, 0.29) is 35.5 Å². The van der Waals surface area contributed by atoms with Crippen LogP contribution in [0.3, 0.4) is 0 Å². The maximum Gasteiger partial charge on any atom is 0.331 e. The fraction of sp³-hybridized carbons (Fsp3) is 0.526. The molecular weight excluding hydrogens is 460 g/mol. The van der Waals surface area contributed by atoms with Gasteiger partial charge in [0, 0.05) is 35.7 Å². The number of hydrogen-bond donors (Lipinski definition) is 3. The normalized spacial score (nSPS) is 21.1. The molecule has 0 aliphatic heterocycles. The Morgan fingerprint density at radius 1 is 1.43 bits per heavy atom. The number of amides is 1. The zero-order chi connectivity index (χ0) is 22.4. The van der Waals surface area contributed by atoms with Crippen molar-refractivity contribution >= 4 is 39.3 Å². The molecule has 0 bridgehead atoms. The second kappa shape index (κ2) is 10.5. The lowest BCUT2D eigenvalue weighted by atomic mass is 9.87. The number of hydrogen-bond acceptors (Lipinski definition) is 7. The molecule has 1 aliphatic carbocycles. The van der Waals surface area contributed by atoms with Gasteiger partial charge in [0.2, 0.25) is 11.7 Å². The van der Waals surface area contributed by atoms with Crippen LogP contribution in [0, 0.1) is 10.1 Å². The molecule has 0 aromatic carbocycles. The SMILES string of the molecule is CCC(CC)O[C@@H]1C=C(C(=O)O)C[C@H](Nc2ncc(Br)cc2[N+](=O)[O-])[C@H]1NC(C)=O. The van der Waals surface area contributed by atoms with Crippen molar-refractivity contribution in [2.24, 2.45) is 0 Å². The number of carbonyl (C=O) groups excluding carboxylic acids is 1. The average Bonchev–Trinajstić information content (AvgIpc) is 2.68. The first-order valence-electron chi connectivity index (χ1n) is 9.59. The number of halogens is 1. The predicted octanol–water partition coefficient (Wildman–Crippen LogP) is 3.03. The lowest BCUT2D eigenvalue weighted by Crippen LogP contribution is -2.56. The maximum atomic E-state index is 11.9. The second-order valence-electron chi connectivity index (χ2n) is 7.00. The zero-order valence-corrected chi connectivity index (χ0v) is 18.5. The third kappa shape index (κ3) is 5.99. The molecule has 10 nitrogen and oxygen atoms in total. The molecule has 0 unspecified atom stereocenters. The molecule has 2 rings (SSSR count). The van der Waals surface area contributed by atoms with Gasteiger partial charge < -0.3 is 20.5 Å². The fourth-order valence-corrected chi connectivity index (χ4v) is 3.68. The summed E-state index contributed by atoms with van der Waals surface area (Å²) >= 11 is 3.16. The second-order valence-corrected chi connectivity index (χ2v) is 7.91. The summed E-state index contributed by atoms with van der Waals surface area (Å²) in [4.78, 5) is 38.5. The summed E-state index contributed by atoms with van der Waals surface area (Å²) in [5, 5.41) is 26.8. The van der Waals surface area contributed by atoms with Gasteiger partial charge in [-0.3, -0.25) is 14.9 Å². The van der Waals surface area contributed by atoms with Crippen LogP contribution in [-0.4, -0.2) is 51.2 Å². The molecule has 0 spiro atoms. The smallest absolute Gasteiger partial charge is 0.331 e. The Hall–Kier alpha value is -2.53. The summed E-state index contributed by atoms with van der Waals surface area (Å²) in [5.41, 5.74) is -0.167. The van der Waals surface area contributed by atoms with Crippen molar-refractivity contribution in [2.75, 3.05) is 5.32 Å². The van der Waals surface area contributed by atoms with Crippen LogP contribution < -0.4 is 10.6 Å². The molecule has 11 heteroatoms. The number of ether oxygens (including phenoxy) is 1. The molecule has 30 heavy (non-hydrogen) atoms. The van der Waals surface area contributed by atoms with E-state index in [1.807, 2.05) is 13.8 Å². The zero-order valence-electron chi connectivity index (χ0n) is 16.9. The Balaban J connectivity index is 2.44. The molecule has 1 aromatic rings. The van der Waals surface area contributed by atoms with Gasteiger partial charge in [-0.2, -0.15) is 0 Å². The minimum atomic E-state index is -1.11. The van der Waals surface area contributed by atoms with Crippen LogP contribution >= 0.6 is 15.9 Å². The summed E-state index contributed by atoms with van der Waals surface area (Å²) in [7, 11) is 0. The topological polar surface area (TPSA) is 144 Å². The van der Waals surface area contributed by atoms with E-state index in [9.17, 15) is 24.8 Å². The highest BCUT2D eigenvalue weighted by Crippen LogP contribution is 2.30. The van der Waals surface area contributed by atoms with Crippen molar-refractivity contribution in [3.8, 4) is 0 Å². The van der Waals surface area contributed by atoms with E-state index in [1.54, 1.807) is 0 Å². The van der Waals surface area contributed by atoms with Crippen molar-refractivity contribution in [1.82, 2.24) is 10.3 Å². The van der Waals surface area contributed by atoms with E-state index in [4.69, 9.17) is 4.74 Å². The first kappa shape index (κ1) is 23.7. The number of nitro groups is 1. The van der Waals surface area contributed by atoms with Gasteiger partial charge in [0.05, 0.1) is 29.2 Å².